The van der Waals surface area contributed by atoms with Gasteiger partial charge in [-0.15, -0.1) is 24.0 Å². The highest BCUT2D eigenvalue weighted by molar-refractivity contribution is 14.0. The number of nitrogens with one attached hydrogen (secondary N) is 1. The van der Waals surface area contributed by atoms with Crippen molar-refractivity contribution in [1.82, 2.24) is 10.3 Å². The summed E-state index contributed by atoms with van der Waals surface area (Å²) in [5.74, 6) is 0.890. The molecular weight excluding hydrogens is 446 g/mol. The maximum atomic E-state index is 13.3. The van der Waals surface area contributed by atoms with E-state index < -0.39 is 0 Å². The van der Waals surface area contributed by atoms with Crippen LogP contribution in [0, 0.1) is 5.82 Å². The Morgan fingerprint density at radius 3 is 2.81 bits per heavy atom. The topological polar surface area (TPSA) is 72.5 Å². The number of hydrogen-bond acceptors (Lipinski definition) is 3. The minimum atomic E-state index is -0.353. The Hall–Kier alpha value is -1.90. The van der Waals surface area contributed by atoms with Gasteiger partial charge in [-0.3, -0.25) is 0 Å². The van der Waals surface area contributed by atoms with Crippen LogP contribution >= 0.6 is 24.0 Å². The first kappa shape index (κ1) is 20.4. The summed E-state index contributed by atoms with van der Waals surface area (Å²) >= 11 is 0. The first-order valence-corrected chi connectivity index (χ1v) is 8.64. The maximum Gasteiger partial charge on any atom is 0.224 e. The molecule has 2 aromatic rings. The van der Waals surface area contributed by atoms with Crippen molar-refractivity contribution in [2.24, 2.45) is 10.7 Å². The summed E-state index contributed by atoms with van der Waals surface area (Å²) in [6, 6.07) is 10.1. The zero-order chi connectivity index (χ0) is 17.5. The fourth-order valence-corrected chi connectivity index (χ4v) is 2.95. The van der Waals surface area contributed by atoms with Gasteiger partial charge in [-0.25, -0.2) is 14.4 Å². The molecule has 1 fully saturated rings. The normalized spacial score (nSPS) is 15.2. The number of aromatic nitrogens is 1. The second-order valence-corrected chi connectivity index (χ2v) is 6.21. The Kier molecular flexibility index (Phi) is 8.08. The Labute approximate surface area is 170 Å². The van der Waals surface area contributed by atoms with Gasteiger partial charge >= 0.3 is 0 Å². The number of benzene rings is 1. The summed E-state index contributed by atoms with van der Waals surface area (Å²) in [5.41, 5.74) is 6.79. The lowest BCUT2D eigenvalue weighted by Crippen LogP contribution is -2.41. The first-order valence-electron chi connectivity index (χ1n) is 8.64. The largest absolute Gasteiger partial charge is 0.439 e. The SMILES string of the molecule is I.NC(=NCc1cccnc1Oc1cccc(F)c1)NC1CCCCC1. The predicted molar refractivity (Wildman–Crippen MR) is 111 cm³/mol. The van der Waals surface area contributed by atoms with Gasteiger partial charge in [-0.1, -0.05) is 31.4 Å². The molecule has 1 aliphatic carbocycles. The quantitative estimate of drug-likeness (QED) is 0.387. The standard InChI is InChI=1S/C19H23FN4O.HI/c20-15-7-4-10-17(12-15)25-18-14(6-5-11-22-18)13-23-19(21)24-16-8-2-1-3-9-16;/h4-7,10-12,16H,1-3,8-9,13H2,(H3,21,23,24);1H. The van der Waals surface area contributed by atoms with Gasteiger partial charge in [0, 0.05) is 23.9 Å². The van der Waals surface area contributed by atoms with Crippen LogP contribution in [0.2, 0.25) is 0 Å². The molecule has 3 rings (SSSR count). The lowest BCUT2D eigenvalue weighted by molar-refractivity contribution is 0.412. The number of halogens is 2. The van der Waals surface area contributed by atoms with Gasteiger partial charge in [-0.05, 0) is 31.0 Å². The number of guanidine groups is 1. The van der Waals surface area contributed by atoms with Crippen LogP contribution in [0.3, 0.4) is 0 Å². The van der Waals surface area contributed by atoms with Gasteiger partial charge in [-0.2, -0.15) is 0 Å². The lowest BCUT2D eigenvalue weighted by Gasteiger charge is -2.23. The summed E-state index contributed by atoms with van der Waals surface area (Å²) in [6.07, 6.45) is 7.67. The third kappa shape index (κ3) is 6.12. The summed E-state index contributed by atoms with van der Waals surface area (Å²) in [5, 5.41) is 3.28. The fourth-order valence-electron chi connectivity index (χ4n) is 2.95. The van der Waals surface area contributed by atoms with Gasteiger partial charge in [0.1, 0.15) is 11.6 Å². The van der Waals surface area contributed by atoms with Gasteiger partial charge in [0.05, 0.1) is 6.54 Å². The second kappa shape index (κ2) is 10.3. The van der Waals surface area contributed by atoms with Crippen molar-refractivity contribution in [3.8, 4) is 11.6 Å². The predicted octanol–water partition coefficient (Wildman–Crippen LogP) is 4.37. The molecule has 0 saturated heterocycles. The van der Waals surface area contributed by atoms with Crippen LogP contribution in [-0.2, 0) is 6.54 Å². The average molecular weight is 470 g/mol. The van der Waals surface area contributed by atoms with E-state index in [2.05, 4.69) is 15.3 Å². The van der Waals surface area contributed by atoms with E-state index in [4.69, 9.17) is 10.5 Å². The molecular formula is C19H24FIN4O. The molecule has 0 amide bonds. The van der Waals surface area contributed by atoms with Crippen LogP contribution in [-0.4, -0.2) is 17.0 Å². The smallest absolute Gasteiger partial charge is 0.224 e. The molecule has 0 unspecified atom stereocenters. The van der Waals surface area contributed by atoms with Crippen LogP contribution in [0.5, 0.6) is 11.6 Å². The molecule has 7 heteroatoms. The molecule has 3 N–H and O–H groups in total. The van der Waals surface area contributed by atoms with Crippen LogP contribution in [0.1, 0.15) is 37.7 Å². The number of ether oxygens (including phenoxy) is 1. The van der Waals surface area contributed by atoms with Crippen LogP contribution < -0.4 is 15.8 Å². The van der Waals surface area contributed by atoms with E-state index in [0.29, 0.717) is 30.2 Å². The first-order chi connectivity index (χ1) is 12.2. The highest BCUT2D eigenvalue weighted by Gasteiger charge is 2.13. The fraction of sp³-hybridized carbons (Fsp3) is 0.368. The minimum absolute atomic E-state index is 0. The van der Waals surface area contributed by atoms with Crippen molar-refractivity contribution in [3.05, 3.63) is 54.0 Å². The Balaban J connectivity index is 0.00000243. The van der Waals surface area contributed by atoms with Gasteiger partial charge in [0.25, 0.3) is 0 Å². The van der Waals surface area contributed by atoms with Crippen molar-refractivity contribution < 1.29 is 9.13 Å². The average Bonchev–Trinajstić information content (AvgIpc) is 2.62. The summed E-state index contributed by atoms with van der Waals surface area (Å²) < 4.78 is 19.0. The number of nitrogens with zero attached hydrogens (tertiary/aromatic N) is 2. The Bertz CT molecular complexity index is 735. The van der Waals surface area contributed by atoms with Crippen molar-refractivity contribution >= 4 is 29.9 Å². The maximum absolute atomic E-state index is 13.3. The molecule has 1 aromatic carbocycles. The van der Waals surface area contributed by atoms with E-state index in [1.807, 2.05) is 12.1 Å². The molecule has 0 bridgehead atoms. The van der Waals surface area contributed by atoms with Gasteiger partial charge in [0.2, 0.25) is 5.88 Å². The number of aliphatic imine (C=N–C) groups is 1. The number of rotatable bonds is 5. The minimum Gasteiger partial charge on any atom is -0.439 e. The highest BCUT2D eigenvalue weighted by atomic mass is 127. The van der Waals surface area contributed by atoms with Crippen LogP contribution in [0.4, 0.5) is 4.39 Å². The molecule has 1 heterocycles. The molecule has 140 valence electrons. The third-order valence-electron chi connectivity index (χ3n) is 4.24. The molecule has 5 nitrogen and oxygen atoms in total. The molecule has 1 aromatic heterocycles. The summed E-state index contributed by atoms with van der Waals surface area (Å²) in [7, 11) is 0. The van der Waals surface area contributed by atoms with Crippen LogP contribution in [0.15, 0.2) is 47.6 Å². The zero-order valence-corrected chi connectivity index (χ0v) is 16.9. The van der Waals surface area contributed by atoms with E-state index in [1.165, 1.54) is 31.4 Å². The van der Waals surface area contributed by atoms with E-state index in [9.17, 15) is 4.39 Å². The zero-order valence-electron chi connectivity index (χ0n) is 14.5. The molecule has 0 atom stereocenters. The highest BCUT2D eigenvalue weighted by Crippen LogP contribution is 2.24. The number of hydrogen-bond donors (Lipinski definition) is 2. The molecule has 0 spiro atoms. The Morgan fingerprint density at radius 1 is 1.23 bits per heavy atom. The molecule has 0 aliphatic heterocycles. The number of pyridine rings is 1. The summed E-state index contributed by atoms with van der Waals surface area (Å²) in [6.45, 7) is 0.351. The van der Waals surface area contributed by atoms with Gasteiger partial charge < -0.3 is 15.8 Å². The lowest BCUT2D eigenvalue weighted by atomic mass is 9.96. The van der Waals surface area contributed by atoms with E-state index in [1.54, 1.807) is 18.3 Å². The van der Waals surface area contributed by atoms with Crippen LogP contribution in [0.25, 0.3) is 0 Å². The monoisotopic (exact) mass is 470 g/mol. The van der Waals surface area contributed by atoms with E-state index in [-0.39, 0.29) is 29.8 Å². The van der Waals surface area contributed by atoms with Crippen molar-refractivity contribution in [3.63, 3.8) is 0 Å². The number of nitrogens with two attached hydrogens (primary N) is 1. The van der Waals surface area contributed by atoms with E-state index in [0.717, 1.165) is 18.4 Å². The van der Waals surface area contributed by atoms with Gasteiger partial charge in [0.15, 0.2) is 5.96 Å². The second-order valence-electron chi connectivity index (χ2n) is 6.21. The van der Waals surface area contributed by atoms with Crippen molar-refractivity contribution in [2.75, 3.05) is 0 Å². The summed E-state index contributed by atoms with van der Waals surface area (Å²) in [4.78, 5) is 8.62. The third-order valence-corrected chi connectivity index (χ3v) is 4.24. The molecule has 1 aliphatic rings. The Morgan fingerprint density at radius 2 is 2.04 bits per heavy atom. The molecule has 26 heavy (non-hydrogen) atoms. The van der Waals surface area contributed by atoms with Crippen molar-refractivity contribution in [2.45, 2.75) is 44.7 Å². The molecule has 0 radical (unpaired) electrons. The van der Waals surface area contributed by atoms with E-state index >= 15 is 0 Å². The van der Waals surface area contributed by atoms with Crippen molar-refractivity contribution in [1.29, 1.82) is 0 Å². The molecule has 1 saturated carbocycles.